The second-order valence-electron chi connectivity index (χ2n) is 4.08. The minimum atomic E-state index is -0.547. The van der Waals surface area contributed by atoms with Crippen LogP contribution < -0.4 is 0 Å². The Bertz CT molecular complexity index is 196. The Kier molecular flexibility index (Phi) is 1.29. The van der Waals surface area contributed by atoms with E-state index >= 15 is 0 Å². The maximum atomic E-state index is 10.9. The summed E-state index contributed by atoms with van der Waals surface area (Å²) in [6.07, 6.45) is 4.46. The van der Waals surface area contributed by atoms with Crippen molar-refractivity contribution in [1.82, 2.24) is 0 Å². The van der Waals surface area contributed by atoms with Crippen LogP contribution >= 0.6 is 0 Å². The number of aliphatic carboxylic acids is 1. The van der Waals surface area contributed by atoms with Gasteiger partial charge in [-0.3, -0.25) is 4.79 Å². The van der Waals surface area contributed by atoms with E-state index in [0.29, 0.717) is 11.8 Å². The highest BCUT2D eigenvalue weighted by Gasteiger charge is 2.63. The Hall–Kier alpha value is -0.530. The molecular formula is C9H14O2. The molecule has 2 nitrogen and oxygen atoms in total. The highest BCUT2D eigenvalue weighted by atomic mass is 16.4. The molecule has 2 unspecified atom stereocenters. The number of carboxylic acids is 1. The van der Waals surface area contributed by atoms with E-state index in [-0.39, 0.29) is 5.41 Å². The van der Waals surface area contributed by atoms with Crippen molar-refractivity contribution in [1.29, 1.82) is 0 Å². The van der Waals surface area contributed by atoms with Gasteiger partial charge in [-0.25, -0.2) is 0 Å². The highest BCUT2D eigenvalue weighted by molar-refractivity contribution is 5.79. The summed E-state index contributed by atoms with van der Waals surface area (Å²) in [7, 11) is 0. The van der Waals surface area contributed by atoms with Crippen LogP contribution in [0.1, 0.15) is 32.6 Å². The molecule has 2 aliphatic rings. The summed E-state index contributed by atoms with van der Waals surface area (Å²) >= 11 is 0. The molecule has 0 heterocycles. The summed E-state index contributed by atoms with van der Waals surface area (Å²) in [5.41, 5.74) is -0.280. The standard InChI is InChI=1S/C9H14O2/c1-6-5-9(6,8(10)11)7-3-2-4-7/h6-7H,2-5H2,1H3,(H,10,11). The Morgan fingerprint density at radius 1 is 1.55 bits per heavy atom. The van der Waals surface area contributed by atoms with Crippen molar-refractivity contribution < 1.29 is 9.90 Å². The zero-order chi connectivity index (χ0) is 8.06. The molecule has 1 N–H and O–H groups in total. The Balaban J connectivity index is 2.12. The monoisotopic (exact) mass is 154 g/mol. The lowest BCUT2D eigenvalue weighted by molar-refractivity contribution is -0.147. The van der Waals surface area contributed by atoms with Gasteiger partial charge >= 0.3 is 5.97 Å². The first kappa shape index (κ1) is 7.14. The maximum absolute atomic E-state index is 10.9. The summed E-state index contributed by atoms with van der Waals surface area (Å²) in [6.45, 7) is 2.06. The van der Waals surface area contributed by atoms with Gasteiger partial charge in [0.15, 0.2) is 0 Å². The van der Waals surface area contributed by atoms with Crippen molar-refractivity contribution in [3.63, 3.8) is 0 Å². The molecule has 2 saturated carbocycles. The van der Waals surface area contributed by atoms with Gasteiger partial charge in [-0.1, -0.05) is 13.3 Å². The average Bonchev–Trinajstić information content (AvgIpc) is 2.38. The summed E-state index contributed by atoms with van der Waals surface area (Å²) in [4.78, 5) is 10.9. The largest absolute Gasteiger partial charge is 0.481 e. The quantitative estimate of drug-likeness (QED) is 0.659. The van der Waals surface area contributed by atoms with Crippen molar-refractivity contribution in [2.75, 3.05) is 0 Å². The van der Waals surface area contributed by atoms with Crippen LogP contribution in [-0.4, -0.2) is 11.1 Å². The summed E-state index contributed by atoms with van der Waals surface area (Å²) in [5.74, 6) is 0.398. The Morgan fingerprint density at radius 2 is 2.09 bits per heavy atom. The molecule has 2 fully saturated rings. The molecule has 0 bridgehead atoms. The first-order valence-corrected chi connectivity index (χ1v) is 4.41. The molecule has 0 radical (unpaired) electrons. The van der Waals surface area contributed by atoms with Crippen LogP contribution in [0.4, 0.5) is 0 Å². The van der Waals surface area contributed by atoms with E-state index in [4.69, 9.17) is 5.11 Å². The van der Waals surface area contributed by atoms with Crippen molar-refractivity contribution >= 4 is 5.97 Å². The SMILES string of the molecule is CC1CC1(C(=O)O)C1CCC1. The lowest BCUT2D eigenvalue weighted by atomic mass is 9.72. The molecule has 0 saturated heterocycles. The summed E-state index contributed by atoms with van der Waals surface area (Å²) < 4.78 is 0. The van der Waals surface area contributed by atoms with Crippen molar-refractivity contribution in [2.45, 2.75) is 32.6 Å². The number of hydrogen-bond acceptors (Lipinski definition) is 1. The number of rotatable bonds is 2. The van der Waals surface area contributed by atoms with Crippen LogP contribution in [0.3, 0.4) is 0 Å². The molecular weight excluding hydrogens is 140 g/mol. The van der Waals surface area contributed by atoms with Gasteiger partial charge in [0.25, 0.3) is 0 Å². The van der Waals surface area contributed by atoms with Gasteiger partial charge in [0.05, 0.1) is 5.41 Å². The minimum absolute atomic E-state index is 0.280. The molecule has 0 spiro atoms. The van der Waals surface area contributed by atoms with Gasteiger partial charge in [-0.2, -0.15) is 0 Å². The normalized spacial score (nSPS) is 43.2. The minimum Gasteiger partial charge on any atom is -0.481 e. The third-order valence-electron chi connectivity index (χ3n) is 3.60. The smallest absolute Gasteiger partial charge is 0.310 e. The van der Waals surface area contributed by atoms with Crippen LogP contribution in [0.25, 0.3) is 0 Å². The summed E-state index contributed by atoms with van der Waals surface area (Å²) in [5, 5.41) is 9.01. The molecule has 0 aromatic carbocycles. The molecule has 2 rings (SSSR count). The Labute approximate surface area is 66.6 Å². The average molecular weight is 154 g/mol. The zero-order valence-corrected chi connectivity index (χ0v) is 6.84. The van der Waals surface area contributed by atoms with Crippen molar-refractivity contribution in [2.24, 2.45) is 17.3 Å². The summed E-state index contributed by atoms with van der Waals surface area (Å²) in [6, 6.07) is 0. The van der Waals surface area contributed by atoms with Gasteiger partial charge in [-0.05, 0) is 31.1 Å². The molecule has 0 aliphatic heterocycles. The zero-order valence-electron chi connectivity index (χ0n) is 6.84. The molecule has 0 aromatic heterocycles. The van der Waals surface area contributed by atoms with E-state index in [1.54, 1.807) is 0 Å². The van der Waals surface area contributed by atoms with E-state index in [9.17, 15) is 4.79 Å². The highest BCUT2D eigenvalue weighted by Crippen LogP contribution is 2.62. The topological polar surface area (TPSA) is 37.3 Å². The fraction of sp³-hybridized carbons (Fsp3) is 0.889. The molecule has 62 valence electrons. The van der Waals surface area contributed by atoms with E-state index < -0.39 is 5.97 Å². The molecule has 0 amide bonds. The van der Waals surface area contributed by atoms with Gasteiger partial charge < -0.3 is 5.11 Å². The Morgan fingerprint density at radius 3 is 2.18 bits per heavy atom. The number of carboxylic acid groups (broad SMARTS) is 1. The first-order valence-electron chi connectivity index (χ1n) is 4.41. The fourth-order valence-electron chi connectivity index (χ4n) is 2.41. The number of carbonyl (C=O) groups is 1. The van der Waals surface area contributed by atoms with Crippen molar-refractivity contribution in [3.05, 3.63) is 0 Å². The van der Waals surface area contributed by atoms with Crippen LogP contribution in [0.15, 0.2) is 0 Å². The molecule has 11 heavy (non-hydrogen) atoms. The van der Waals surface area contributed by atoms with E-state index in [1.165, 1.54) is 6.42 Å². The van der Waals surface area contributed by atoms with Crippen LogP contribution in [0.5, 0.6) is 0 Å². The van der Waals surface area contributed by atoms with Gasteiger partial charge in [0.1, 0.15) is 0 Å². The van der Waals surface area contributed by atoms with Crippen LogP contribution in [0.2, 0.25) is 0 Å². The second-order valence-corrected chi connectivity index (χ2v) is 4.08. The predicted molar refractivity (Wildman–Crippen MR) is 41.2 cm³/mol. The lowest BCUT2D eigenvalue weighted by Gasteiger charge is -2.31. The van der Waals surface area contributed by atoms with Gasteiger partial charge in [-0.15, -0.1) is 0 Å². The van der Waals surface area contributed by atoms with Gasteiger partial charge in [0.2, 0.25) is 0 Å². The second kappa shape index (κ2) is 1.99. The third kappa shape index (κ3) is 0.754. The first-order chi connectivity index (χ1) is 5.18. The van der Waals surface area contributed by atoms with Crippen molar-refractivity contribution in [3.8, 4) is 0 Å². The number of hydrogen-bond donors (Lipinski definition) is 1. The molecule has 0 aromatic rings. The third-order valence-corrected chi connectivity index (χ3v) is 3.60. The van der Waals surface area contributed by atoms with Crippen LogP contribution in [0, 0.1) is 17.3 Å². The van der Waals surface area contributed by atoms with E-state index in [1.807, 2.05) is 0 Å². The molecule has 2 heteroatoms. The maximum Gasteiger partial charge on any atom is 0.310 e. The predicted octanol–water partition coefficient (Wildman–Crippen LogP) is 1.90. The fourth-order valence-corrected chi connectivity index (χ4v) is 2.41. The van der Waals surface area contributed by atoms with E-state index in [0.717, 1.165) is 19.3 Å². The van der Waals surface area contributed by atoms with E-state index in [2.05, 4.69) is 6.92 Å². The molecule has 2 aliphatic carbocycles. The lowest BCUT2D eigenvalue weighted by Crippen LogP contribution is -2.31. The van der Waals surface area contributed by atoms with Gasteiger partial charge in [0, 0.05) is 0 Å². The van der Waals surface area contributed by atoms with Crippen LogP contribution in [-0.2, 0) is 4.79 Å². The molecule has 2 atom stereocenters.